The Labute approximate surface area is 135 Å². The predicted molar refractivity (Wildman–Crippen MR) is 95.1 cm³/mol. The summed E-state index contributed by atoms with van der Waals surface area (Å²) in [6.07, 6.45) is 4.35. The normalized spacial score (nSPS) is 20.9. The molecular weight excluding hydrogens is 310 g/mol. The molecule has 1 aliphatic heterocycles. The molecule has 1 fully saturated rings. The second kappa shape index (κ2) is 6.52. The van der Waals surface area contributed by atoms with Crippen LogP contribution in [0.3, 0.4) is 0 Å². The lowest BCUT2D eigenvalue weighted by atomic mass is 10.0. The molecule has 22 heavy (non-hydrogen) atoms. The van der Waals surface area contributed by atoms with Gasteiger partial charge >= 0.3 is 0 Å². The minimum Gasteiger partial charge on any atom is -0.207 e. The van der Waals surface area contributed by atoms with Crippen LogP contribution in [0, 0.1) is 5.92 Å². The second-order valence-corrected chi connectivity index (χ2v) is 14.5. The quantitative estimate of drug-likeness (QED) is 0.607. The molecule has 0 saturated carbocycles. The van der Waals surface area contributed by atoms with Gasteiger partial charge in [-0.05, 0) is 18.2 Å². The van der Waals surface area contributed by atoms with E-state index in [0.717, 1.165) is 11.6 Å². The highest BCUT2D eigenvalue weighted by molar-refractivity contribution is 7.89. The van der Waals surface area contributed by atoms with Gasteiger partial charge in [-0.3, -0.25) is 0 Å². The lowest BCUT2D eigenvalue weighted by Gasteiger charge is -2.15. The third-order valence-electron chi connectivity index (χ3n) is 3.78. The van der Waals surface area contributed by atoms with Gasteiger partial charge in [0.2, 0.25) is 10.0 Å². The minimum atomic E-state index is -3.41. The van der Waals surface area contributed by atoms with Crippen LogP contribution in [0.5, 0.6) is 0 Å². The topological polar surface area (TPSA) is 37.4 Å². The maximum atomic E-state index is 12.6. The van der Waals surface area contributed by atoms with Crippen LogP contribution in [0.25, 0.3) is 0 Å². The van der Waals surface area contributed by atoms with Crippen LogP contribution in [0.15, 0.2) is 59.5 Å². The van der Waals surface area contributed by atoms with E-state index in [9.17, 15) is 8.42 Å². The van der Waals surface area contributed by atoms with Crippen molar-refractivity contribution in [2.24, 2.45) is 5.92 Å². The molecule has 0 aromatic heterocycles. The molecule has 0 amide bonds. The first kappa shape index (κ1) is 17.2. The lowest BCUT2D eigenvalue weighted by Crippen LogP contribution is -2.28. The summed E-state index contributed by atoms with van der Waals surface area (Å²) in [6.45, 7) is 12.0. The number of hydrogen-bond donors (Lipinski definition) is 0. The summed E-state index contributed by atoms with van der Waals surface area (Å²) in [5, 5.41) is 0. The van der Waals surface area contributed by atoms with Gasteiger partial charge in [0.15, 0.2) is 0 Å². The highest BCUT2D eigenvalue weighted by Gasteiger charge is 2.33. The fourth-order valence-electron chi connectivity index (χ4n) is 2.46. The summed E-state index contributed by atoms with van der Waals surface area (Å²) < 4.78 is 26.8. The zero-order valence-electron chi connectivity index (χ0n) is 13.6. The van der Waals surface area contributed by atoms with E-state index in [1.807, 2.05) is 6.07 Å². The highest BCUT2D eigenvalue weighted by Crippen LogP contribution is 2.28. The van der Waals surface area contributed by atoms with Crippen molar-refractivity contribution in [3.05, 3.63) is 54.6 Å². The van der Waals surface area contributed by atoms with Crippen LogP contribution in [0.1, 0.15) is 0 Å². The molecule has 0 spiro atoms. The summed E-state index contributed by atoms with van der Waals surface area (Å²) in [5.74, 6) is 0.134. The Hall–Kier alpha value is -1.17. The summed E-state index contributed by atoms with van der Waals surface area (Å²) in [4.78, 5) is 0.356. The van der Waals surface area contributed by atoms with Gasteiger partial charge < -0.3 is 0 Å². The van der Waals surface area contributed by atoms with Crippen LogP contribution >= 0.6 is 0 Å². The molecule has 0 unspecified atom stereocenters. The molecule has 2 rings (SSSR count). The molecule has 1 saturated heterocycles. The summed E-state index contributed by atoms with van der Waals surface area (Å²) in [6, 6.07) is 9.73. The zero-order valence-corrected chi connectivity index (χ0v) is 15.4. The molecular formula is C17H25NO2SSi. The zero-order chi connectivity index (χ0) is 16.4. The van der Waals surface area contributed by atoms with Crippen LogP contribution in [-0.2, 0) is 10.0 Å². The van der Waals surface area contributed by atoms with Crippen molar-refractivity contribution in [1.82, 2.24) is 4.31 Å². The third kappa shape index (κ3) is 4.18. The average Bonchev–Trinajstić information content (AvgIpc) is 2.81. The van der Waals surface area contributed by atoms with Crippen molar-refractivity contribution >= 4 is 18.1 Å². The Morgan fingerprint density at radius 1 is 1.27 bits per heavy atom. The van der Waals surface area contributed by atoms with Gasteiger partial charge in [0.05, 0.1) is 4.90 Å². The largest absolute Gasteiger partial charge is 0.243 e. The molecule has 1 aromatic rings. The number of rotatable bonds is 5. The van der Waals surface area contributed by atoms with Crippen LogP contribution in [0.2, 0.25) is 25.7 Å². The summed E-state index contributed by atoms with van der Waals surface area (Å²) in [5.41, 5.74) is 0.978. The van der Waals surface area contributed by atoms with Crippen molar-refractivity contribution in [2.75, 3.05) is 13.1 Å². The SMILES string of the molecule is C=C1CN(S(=O)(=O)c2ccccc2)C[C@@H]1/C=C/C[Si](C)(C)C. The van der Waals surface area contributed by atoms with E-state index in [4.69, 9.17) is 0 Å². The molecule has 1 aromatic carbocycles. The van der Waals surface area contributed by atoms with E-state index in [0.29, 0.717) is 18.0 Å². The van der Waals surface area contributed by atoms with E-state index >= 15 is 0 Å². The highest BCUT2D eigenvalue weighted by atomic mass is 32.2. The van der Waals surface area contributed by atoms with Crippen LogP contribution < -0.4 is 0 Å². The van der Waals surface area contributed by atoms with E-state index in [2.05, 4.69) is 38.4 Å². The second-order valence-electron chi connectivity index (χ2n) is 7.07. The molecule has 1 heterocycles. The van der Waals surface area contributed by atoms with E-state index in [-0.39, 0.29) is 5.92 Å². The van der Waals surface area contributed by atoms with Crippen LogP contribution in [0.4, 0.5) is 0 Å². The first-order valence-electron chi connectivity index (χ1n) is 7.60. The number of benzene rings is 1. The smallest absolute Gasteiger partial charge is 0.207 e. The van der Waals surface area contributed by atoms with E-state index < -0.39 is 18.1 Å². The molecule has 1 atom stereocenters. The Morgan fingerprint density at radius 2 is 1.91 bits per heavy atom. The minimum absolute atomic E-state index is 0.134. The summed E-state index contributed by atoms with van der Waals surface area (Å²) in [7, 11) is -4.52. The Morgan fingerprint density at radius 3 is 2.50 bits per heavy atom. The van der Waals surface area contributed by atoms with Gasteiger partial charge in [-0.1, -0.05) is 62.1 Å². The monoisotopic (exact) mass is 335 g/mol. The maximum absolute atomic E-state index is 12.6. The van der Waals surface area contributed by atoms with Gasteiger partial charge in [0.25, 0.3) is 0 Å². The van der Waals surface area contributed by atoms with Crippen molar-refractivity contribution in [2.45, 2.75) is 30.6 Å². The molecule has 0 aliphatic carbocycles. The van der Waals surface area contributed by atoms with E-state index in [1.54, 1.807) is 24.3 Å². The molecule has 0 radical (unpaired) electrons. The van der Waals surface area contributed by atoms with Crippen molar-refractivity contribution in [3.8, 4) is 0 Å². The van der Waals surface area contributed by atoms with Gasteiger partial charge in [-0.2, -0.15) is 4.31 Å². The number of allylic oxidation sites excluding steroid dienone is 1. The summed E-state index contributed by atoms with van der Waals surface area (Å²) >= 11 is 0. The van der Waals surface area contributed by atoms with Crippen LogP contribution in [-0.4, -0.2) is 33.9 Å². The van der Waals surface area contributed by atoms with E-state index in [1.165, 1.54) is 4.31 Å². The van der Waals surface area contributed by atoms with Crippen molar-refractivity contribution in [1.29, 1.82) is 0 Å². The fourth-order valence-corrected chi connectivity index (χ4v) is 4.80. The fraction of sp³-hybridized carbons (Fsp3) is 0.412. The first-order chi connectivity index (χ1) is 10.2. The Bertz CT molecular complexity index is 660. The number of hydrogen-bond acceptors (Lipinski definition) is 2. The van der Waals surface area contributed by atoms with Gasteiger partial charge in [0, 0.05) is 27.1 Å². The Balaban J connectivity index is 2.09. The van der Waals surface area contributed by atoms with Gasteiger partial charge in [-0.15, -0.1) is 0 Å². The molecule has 3 nitrogen and oxygen atoms in total. The molecule has 0 N–H and O–H groups in total. The molecule has 5 heteroatoms. The third-order valence-corrected chi connectivity index (χ3v) is 7.07. The number of nitrogens with zero attached hydrogens (tertiary/aromatic N) is 1. The number of sulfonamides is 1. The van der Waals surface area contributed by atoms with Gasteiger partial charge in [-0.25, -0.2) is 8.42 Å². The Kier molecular flexibility index (Phi) is 5.09. The molecule has 0 bridgehead atoms. The van der Waals surface area contributed by atoms with Crippen molar-refractivity contribution in [3.63, 3.8) is 0 Å². The molecule has 120 valence electrons. The van der Waals surface area contributed by atoms with Crippen molar-refractivity contribution < 1.29 is 8.42 Å². The standard InChI is InChI=1S/C17H25NO2SSi/c1-15-13-18(14-16(15)9-8-12-22(2,3)4)21(19,20)17-10-6-5-7-11-17/h5-11,16H,1,12-14H2,2-4H3/b9-8+/t16-/m0/s1. The lowest BCUT2D eigenvalue weighted by molar-refractivity contribution is 0.471. The predicted octanol–water partition coefficient (Wildman–Crippen LogP) is 3.76. The maximum Gasteiger partial charge on any atom is 0.243 e. The molecule has 1 aliphatic rings. The van der Waals surface area contributed by atoms with Gasteiger partial charge in [0.1, 0.15) is 0 Å². The average molecular weight is 336 g/mol. The first-order valence-corrected chi connectivity index (χ1v) is 12.7.